The van der Waals surface area contributed by atoms with Gasteiger partial charge in [0.15, 0.2) is 4.73 Å². The Morgan fingerprint density at radius 3 is 3.07 bits per heavy atom. The molecule has 0 atom stereocenters. The lowest BCUT2D eigenvalue weighted by Crippen LogP contribution is -1.99. The Bertz CT molecular complexity index is 493. The van der Waals surface area contributed by atoms with Gasteiger partial charge in [-0.25, -0.2) is 4.98 Å². The maximum atomic E-state index is 10.5. The highest BCUT2D eigenvalue weighted by atomic mass is 79.9. The monoisotopic (exact) mass is 254 g/mol. The number of aromatic nitrogens is 2. The second kappa shape index (κ2) is 3.42. The SMILES string of the molecule is O=C(O)Cc1ccc2nc(Br)[nH]c2c1. The van der Waals surface area contributed by atoms with E-state index in [1.165, 1.54) is 0 Å². The molecule has 5 heteroatoms. The number of halogens is 1. The average Bonchev–Trinajstić information content (AvgIpc) is 2.42. The van der Waals surface area contributed by atoms with E-state index in [2.05, 4.69) is 25.9 Å². The minimum atomic E-state index is -0.831. The molecule has 0 aliphatic heterocycles. The molecule has 2 N–H and O–H groups in total. The van der Waals surface area contributed by atoms with E-state index < -0.39 is 5.97 Å². The third kappa shape index (κ3) is 1.77. The number of H-pyrrole nitrogens is 1. The first kappa shape index (κ1) is 9.21. The van der Waals surface area contributed by atoms with Crippen molar-refractivity contribution in [2.75, 3.05) is 0 Å². The minimum Gasteiger partial charge on any atom is -0.481 e. The number of carboxylic acid groups (broad SMARTS) is 1. The lowest BCUT2D eigenvalue weighted by Gasteiger charge is -1.95. The third-order valence-electron chi connectivity index (χ3n) is 1.87. The Morgan fingerprint density at radius 2 is 2.36 bits per heavy atom. The van der Waals surface area contributed by atoms with Gasteiger partial charge in [-0.05, 0) is 33.6 Å². The summed E-state index contributed by atoms with van der Waals surface area (Å²) < 4.78 is 0.653. The summed E-state index contributed by atoms with van der Waals surface area (Å²) in [6, 6.07) is 5.36. The summed E-state index contributed by atoms with van der Waals surface area (Å²) in [5.74, 6) is -0.831. The number of hydrogen-bond donors (Lipinski definition) is 2. The summed E-state index contributed by atoms with van der Waals surface area (Å²) in [5.41, 5.74) is 2.43. The minimum absolute atomic E-state index is 0.0343. The molecule has 0 aliphatic rings. The van der Waals surface area contributed by atoms with Gasteiger partial charge >= 0.3 is 5.97 Å². The van der Waals surface area contributed by atoms with Gasteiger partial charge < -0.3 is 10.1 Å². The zero-order valence-electron chi connectivity index (χ0n) is 7.12. The molecule has 4 nitrogen and oxygen atoms in total. The van der Waals surface area contributed by atoms with E-state index in [1.54, 1.807) is 18.2 Å². The van der Waals surface area contributed by atoms with Crippen molar-refractivity contribution in [1.82, 2.24) is 9.97 Å². The van der Waals surface area contributed by atoms with Crippen LogP contribution in [-0.2, 0) is 11.2 Å². The maximum Gasteiger partial charge on any atom is 0.307 e. The van der Waals surface area contributed by atoms with Crippen molar-refractivity contribution >= 4 is 32.9 Å². The van der Waals surface area contributed by atoms with Gasteiger partial charge in [-0.3, -0.25) is 4.79 Å². The number of rotatable bonds is 2. The van der Waals surface area contributed by atoms with E-state index in [9.17, 15) is 4.79 Å². The molecule has 0 bridgehead atoms. The molecule has 0 fully saturated rings. The smallest absolute Gasteiger partial charge is 0.307 e. The number of benzene rings is 1. The van der Waals surface area contributed by atoms with Crippen LogP contribution in [0.25, 0.3) is 11.0 Å². The second-order valence-corrected chi connectivity index (χ2v) is 3.70. The fourth-order valence-corrected chi connectivity index (χ4v) is 1.71. The highest BCUT2D eigenvalue weighted by Crippen LogP contribution is 2.16. The van der Waals surface area contributed by atoms with Gasteiger partial charge in [0.1, 0.15) is 0 Å². The molecule has 72 valence electrons. The Balaban J connectivity index is 2.45. The van der Waals surface area contributed by atoms with Crippen molar-refractivity contribution in [2.24, 2.45) is 0 Å². The number of imidazole rings is 1. The summed E-state index contributed by atoms with van der Waals surface area (Å²) in [7, 11) is 0. The molecule has 0 saturated heterocycles. The summed E-state index contributed by atoms with van der Waals surface area (Å²) in [6.07, 6.45) is 0.0343. The number of nitrogens with one attached hydrogen (secondary N) is 1. The second-order valence-electron chi connectivity index (χ2n) is 2.95. The van der Waals surface area contributed by atoms with Gasteiger partial charge in [0.2, 0.25) is 0 Å². The third-order valence-corrected chi connectivity index (χ3v) is 2.25. The Hall–Kier alpha value is -1.36. The first-order valence-electron chi connectivity index (χ1n) is 4.01. The highest BCUT2D eigenvalue weighted by molar-refractivity contribution is 9.10. The van der Waals surface area contributed by atoms with Gasteiger partial charge in [-0.1, -0.05) is 6.07 Å². The van der Waals surface area contributed by atoms with Crippen molar-refractivity contribution in [1.29, 1.82) is 0 Å². The van der Waals surface area contributed by atoms with Crippen LogP contribution in [0.15, 0.2) is 22.9 Å². The molecule has 1 aromatic heterocycles. The fraction of sp³-hybridized carbons (Fsp3) is 0.111. The van der Waals surface area contributed by atoms with Crippen LogP contribution in [0.2, 0.25) is 0 Å². The van der Waals surface area contributed by atoms with Crippen LogP contribution in [-0.4, -0.2) is 21.0 Å². The van der Waals surface area contributed by atoms with E-state index in [4.69, 9.17) is 5.11 Å². The number of aliphatic carboxylic acids is 1. The predicted octanol–water partition coefficient (Wildman–Crippen LogP) is 1.95. The molecule has 2 rings (SSSR count). The zero-order valence-corrected chi connectivity index (χ0v) is 8.71. The largest absolute Gasteiger partial charge is 0.481 e. The average molecular weight is 255 g/mol. The Kier molecular flexibility index (Phi) is 2.25. The first-order valence-corrected chi connectivity index (χ1v) is 4.80. The maximum absolute atomic E-state index is 10.5. The number of nitrogens with zero attached hydrogens (tertiary/aromatic N) is 1. The van der Waals surface area contributed by atoms with E-state index in [1.807, 2.05) is 0 Å². The summed E-state index contributed by atoms with van der Waals surface area (Å²) in [5, 5.41) is 8.61. The van der Waals surface area contributed by atoms with E-state index in [0.29, 0.717) is 4.73 Å². The van der Waals surface area contributed by atoms with Crippen LogP contribution in [0.5, 0.6) is 0 Å². The van der Waals surface area contributed by atoms with Gasteiger partial charge in [0, 0.05) is 0 Å². The Labute approximate surface area is 88.1 Å². The predicted molar refractivity (Wildman–Crippen MR) is 55.1 cm³/mol. The molecule has 0 unspecified atom stereocenters. The van der Waals surface area contributed by atoms with Crippen molar-refractivity contribution in [3.05, 3.63) is 28.5 Å². The standard InChI is InChI=1S/C9H7BrN2O2/c10-9-11-6-2-1-5(4-8(13)14)3-7(6)12-9/h1-3H,4H2,(H,11,12)(H,13,14). The summed E-state index contributed by atoms with van der Waals surface area (Å²) in [6.45, 7) is 0. The van der Waals surface area contributed by atoms with E-state index in [-0.39, 0.29) is 6.42 Å². The van der Waals surface area contributed by atoms with Crippen LogP contribution >= 0.6 is 15.9 Å². The molecule has 1 aromatic carbocycles. The molecule has 1 heterocycles. The lowest BCUT2D eigenvalue weighted by molar-refractivity contribution is -0.136. The molecule has 14 heavy (non-hydrogen) atoms. The van der Waals surface area contributed by atoms with Crippen molar-refractivity contribution in [2.45, 2.75) is 6.42 Å². The molecule has 0 saturated carbocycles. The Morgan fingerprint density at radius 1 is 1.57 bits per heavy atom. The molecular formula is C9H7BrN2O2. The molecule has 2 aromatic rings. The lowest BCUT2D eigenvalue weighted by atomic mass is 10.1. The van der Waals surface area contributed by atoms with Crippen LogP contribution < -0.4 is 0 Å². The van der Waals surface area contributed by atoms with Crippen LogP contribution in [0.1, 0.15) is 5.56 Å². The number of carbonyl (C=O) groups is 1. The van der Waals surface area contributed by atoms with Crippen LogP contribution in [0, 0.1) is 0 Å². The normalized spacial score (nSPS) is 10.6. The van der Waals surface area contributed by atoms with Crippen molar-refractivity contribution in [3.63, 3.8) is 0 Å². The van der Waals surface area contributed by atoms with E-state index >= 15 is 0 Å². The number of hydrogen-bond acceptors (Lipinski definition) is 2. The zero-order chi connectivity index (χ0) is 10.1. The van der Waals surface area contributed by atoms with Gasteiger partial charge in [0.25, 0.3) is 0 Å². The summed E-state index contributed by atoms with van der Waals surface area (Å²) >= 11 is 3.22. The highest BCUT2D eigenvalue weighted by Gasteiger charge is 2.04. The number of aromatic amines is 1. The van der Waals surface area contributed by atoms with Crippen molar-refractivity contribution < 1.29 is 9.90 Å². The molecule has 0 aliphatic carbocycles. The first-order chi connectivity index (χ1) is 6.65. The molecular weight excluding hydrogens is 248 g/mol. The van der Waals surface area contributed by atoms with Gasteiger partial charge in [-0.15, -0.1) is 0 Å². The summed E-state index contributed by atoms with van der Waals surface area (Å²) in [4.78, 5) is 17.6. The molecule has 0 amide bonds. The quantitative estimate of drug-likeness (QED) is 0.861. The molecule has 0 radical (unpaired) electrons. The van der Waals surface area contributed by atoms with E-state index in [0.717, 1.165) is 16.6 Å². The number of fused-ring (bicyclic) bond motifs is 1. The van der Waals surface area contributed by atoms with Gasteiger partial charge in [-0.2, -0.15) is 0 Å². The van der Waals surface area contributed by atoms with Gasteiger partial charge in [0.05, 0.1) is 17.5 Å². The fourth-order valence-electron chi connectivity index (χ4n) is 1.31. The van der Waals surface area contributed by atoms with Crippen molar-refractivity contribution in [3.8, 4) is 0 Å². The number of carboxylic acids is 1. The van der Waals surface area contributed by atoms with Crippen LogP contribution in [0.3, 0.4) is 0 Å². The topological polar surface area (TPSA) is 66.0 Å². The molecule has 0 spiro atoms. The van der Waals surface area contributed by atoms with Crippen LogP contribution in [0.4, 0.5) is 0 Å².